The molecule has 4 heteroatoms. The third-order valence-electron chi connectivity index (χ3n) is 3.99. The summed E-state index contributed by atoms with van der Waals surface area (Å²) in [5.74, 6) is 0. The number of benzene rings is 2. The molecule has 1 heterocycles. The largest absolute Gasteiger partial charge is 0.389 e. The number of aliphatic hydroxyl groups is 1. The predicted octanol–water partition coefficient (Wildman–Crippen LogP) is 3.58. The Balaban J connectivity index is 0.00000192. The average Bonchev–Trinajstić information content (AvgIpc) is 2.92. The van der Waals surface area contributed by atoms with Crippen LogP contribution in [-0.4, -0.2) is 41.3 Å². The van der Waals surface area contributed by atoms with E-state index in [0.717, 1.165) is 11.1 Å². The third-order valence-corrected chi connectivity index (χ3v) is 3.99. The highest BCUT2D eigenvalue weighted by atomic mass is 35.5. The van der Waals surface area contributed by atoms with Crippen LogP contribution in [0.25, 0.3) is 10.9 Å². The minimum absolute atomic E-state index is 0. The summed E-state index contributed by atoms with van der Waals surface area (Å²) in [6, 6.07) is 20.5. The maximum Gasteiger partial charge on any atom is 0.0915 e. The number of aliphatic hydroxyl groups excluding tert-OH is 1. The summed E-state index contributed by atoms with van der Waals surface area (Å²) in [5, 5.41) is 12.0. The van der Waals surface area contributed by atoms with Gasteiger partial charge in [0.25, 0.3) is 0 Å². The number of para-hydroxylation sites is 1. The molecule has 1 unspecified atom stereocenters. The number of hydrogen-bond donors (Lipinski definition) is 1. The first-order valence-corrected chi connectivity index (χ1v) is 7.60. The van der Waals surface area contributed by atoms with Crippen LogP contribution < -0.4 is 0 Å². The molecule has 0 spiro atoms. The number of halogens is 1. The first kappa shape index (κ1) is 17.5. The number of fused-ring (bicyclic) bond motifs is 1. The Kier molecular flexibility index (Phi) is 5.83. The fourth-order valence-corrected chi connectivity index (χ4v) is 3.04. The Labute approximate surface area is 143 Å². The predicted molar refractivity (Wildman–Crippen MR) is 98.3 cm³/mol. The smallest absolute Gasteiger partial charge is 0.0915 e. The van der Waals surface area contributed by atoms with Gasteiger partial charge in [-0.3, -0.25) is 0 Å². The van der Waals surface area contributed by atoms with Crippen LogP contribution in [0.1, 0.15) is 11.6 Å². The van der Waals surface area contributed by atoms with E-state index < -0.39 is 6.10 Å². The van der Waals surface area contributed by atoms with Crippen LogP contribution in [0.2, 0.25) is 0 Å². The molecule has 2 aromatic carbocycles. The Hall–Kier alpha value is -1.81. The lowest BCUT2D eigenvalue weighted by atomic mass is 10.0. The quantitative estimate of drug-likeness (QED) is 0.774. The summed E-state index contributed by atoms with van der Waals surface area (Å²) in [6.07, 6.45) is 1.59. The van der Waals surface area contributed by atoms with E-state index in [1.807, 2.05) is 49.3 Å². The molecule has 0 aliphatic carbocycles. The van der Waals surface area contributed by atoms with Crippen LogP contribution in [-0.2, 0) is 0 Å². The fraction of sp³-hybridized carbons (Fsp3) is 0.263. The maximum absolute atomic E-state index is 10.8. The molecule has 2 atom stereocenters. The Morgan fingerprint density at radius 2 is 1.61 bits per heavy atom. The number of rotatable bonds is 5. The normalized spacial score (nSPS) is 13.7. The zero-order chi connectivity index (χ0) is 15.5. The van der Waals surface area contributed by atoms with Crippen molar-refractivity contribution < 1.29 is 5.11 Å². The SMILES string of the molecule is CN(C)CC(O)[C@H](c1ccccc1)n1ccc2ccccc21.Cl. The van der Waals surface area contributed by atoms with Gasteiger partial charge in [0.15, 0.2) is 0 Å². The third kappa shape index (κ3) is 3.75. The second-order valence-electron chi connectivity index (χ2n) is 5.97. The van der Waals surface area contributed by atoms with Crippen molar-refractivity contribution in [2.45, 2.75) is 12.1 Å². The van der Waals surface area contributed by atoms with Gasteiger partial charge >= 0.3 is 0 Å². The van der Waals surface area contributed by atoms with Crippen molar-refractivity contribution in [3.8, 4) is 0 Å². The molecule has 0 saturated heterocycles. The molecular formula is C19H23ClN2O. The van der Waals surface area contributed by atoms with Crippen LogP contribution in [0, 0.1) is 0 Å². The van der Waals surface area contributed by atoms with E-state index in [0.29, 0.717) is 6.54 Å². The van der Waals surface area contributed by atoms with Crippen LogP contribution in [0.3, 0.4) is 0 Å². The molecule has 23 heavy (non-hydrogen) atoms. The summed E-state index contributed by atoms with van der Waals surface area (Å²) < 4.78 is 2.18. The van der Waals surface area contributed by atoms with Crippen LogP contribution in [0.4, 0.5) is 0 Å². The molecule has 0 radical (unpaired) electrons. The van der Waals surface area contributed by atoms with Crippen LogP contribution in [0.15, 0.2) is 66.9 Å². The van der Waals surface area contributed by atoms with Crippen LogP contribution in [0.5, 0.6) is 0 Å². The molecule has 0 aliphatic rings. The van der Waals surface area contributed by atoms with Gasteiger partial charge in [-0.05, 0) is 37.2 Å². The van der Waals surface area contributed by atoms with E-state index in [2.05, 4.69) is 41.1 Å². The number of nitrogens with zero attached hydrogens (tertiary/aromatic N) is 2. The van der Waals surface area contributed by atoms with E-state index in [-0.39, 0.29) is 18.4 Å². The van der Waals surface area contributed by atoms with Gasteiger partial charge in [0.05, 0.1) is 12.1 Å². The minimum Gasteiger partial charge on any atom is -0.389 e. The fourth-order valence-electron chi connectivity index (χ4n) is 3.04. The average molecular weight is 331 g/mol. The lowest BCUT2D eigenvalue weighted by molar-refractivity contribution is 0.101. The van der Waals surface area contributed by atoms with Gasteiger partial charge in [0.1, 0.15) is 0 Å². The number of aromatic nitrogens is 1. The zero-order valence-corrected chi connectivity index (χ0v) is 14.3. The van der Waals surface area contributed by atoms with Crippen molar-refractivity contribution in [3.05, 3.63) is 72.4 Å². The Morgan fingerprint density at radius 1 is 0.957 bits per heavy atom. The monoisotopic (exact) mass is 330 g/mol. The lowest BCUT2D eigenvalue weighted by Crippen LogP contribution is -2.34. The summed E-state index contributed by atoms with van der Waals surface area (Å²) >= 11 is 0. The van der Waals surface area contributed by atoms with Gasteiger partial charge in [0, 0.05) is 18.3 Å². The first-order chi connectivity index (χ1) is 10.7. The number of hydrogen-bond acceptors (Lipinski definition) is 2. The second-order valence-corrected chi connectivity index (χ2v) is 5.97. The van der Waals surface area contributed by atoms with E-state index in [1.165, 1.54) is 5.39 Å². The molecule has 0 fully saturated rings. The van der Waals surface area contributed by atoms with E-state index in [4.69, 9.17) is 0 Å². The van der Waals surface area contributed by atoms with Gasteiger partial charge in [-0.1, -0.05) is 48.5 Å². The molecule has 3 rings (SSSR count). The second kappa shape index (κ2) is 7.64. The van der Waals surface area contributed by atoms with Crippen LogP contribution >= 0.6 is 12.4 Å². The summed E-state index contributed by atoms with van der Waals surface area (Å²) in [6.45, 7) is 0.617. The highest BCUT2D eigenvalue weighted by molar-refractivity contribution is 5.85. The Bertz CT molecular complexity index is 739. The number of likely N-dealkylation sites (N-methyl/N-ethyl adjacent to an activating group) is 1. The van der Waals surface area contributed by atoms with E-state index >= 15 is 0 Å². The molecular weight excluding hydrogens is 308 g/mol. The van der Waals surface area contributed by atoms with E-state index in [9.17, 15) is 5.11 Å². The maximum atomic E-state index is 10.8. The topological polar surface area (TPSA) is 28.4 Å². The standard InChI is InChI=1S/C19H22N2O.ClH/c1-20(2)14-18(22)19(16-9-4-3-5-10-16)21-13-12-15-8-6-7-11-17(15)21;/h3-13,18-19,22H,14H2,1-2H3;1H/t18?,19-;/m0./s1. The van der Waals surface area contributed by atoms with Gasteiger partial charge < -0.3 is 14.6 Å². The van der Waals surface area contributed by atoms with Crippen molar-refractivity contribution in [3.63, 3.8) is 0 Å². The van der Waals surface area contributed by atoms with Gasteiger partial charge in [-0.2, -0.15) is 0 Å². The molecule has 0 saturated carbocycles. The van der Waals surface area contributed by atoms with Crippen molar-refractivity contribution in [1.29, 1.82) is 0 Å². The summed E-state index contributed by atoms with van der Waals surface area (Å²) in [5.41, 5.74) is 2.27. The summed E-state index contributed by atoms with van der Waals surface area (Å²) in [4.78, 5) is 2.02. The Morgan fingerprint density at radius 3 is 2.30 bits per heavy atom. The van der Waals surface area contributed by atoms with Gasteiger partial charge in [-0.25, -0.2) is 0 Å². The first-order valence-electron chi connectivity index (χ1n) is 7.60. The molecule has 0 amide bonds. The zero-order valence-electron chi connectivity index (χ0n) is 13.5. The lowest BCUT2D eigenvalue weighted by Gasteiger charge is -2.28. The highest BCUT2D eigenvalue weighted by Gasteiger charge is 2.24. The van der Waals surface area contributed by atoms with Crippen molar-refractivity contribution in [1.82, 2.24) is 9.47 Å². The summed E-state index contributed by atoms with van der Waals surface area (Å²) in [7, 11) is 3.97. The van der Waals surface area contributed by atoms with Crippen molar-refractivity contribution in [2.24, 2.45) is 0 Å². The molecule has 1 aromatic heterocycles. The highest BCUT2D eigenvalue weighted by Crippen LogP contribution is 2.28. The van der Waals surface area contributed by atoms with Crippen molar-refractivity contribution in [2.75, 3.05) is 20.6 Å². The molecule has 3 aromatic rings. The molecule has 3 nitrogen and oxygen atoms in total. The minimum atomic E-state index is -0.479. The molecule has 1 N–H and O–H groups in total. The molecule has 0 bridgehead atoms. The molecule has 122 valence electrons. The van der Waals surface area contributed by atoms with E-state index in [1.54, 1.807) is 0 Å². The molecule has 0 aliphatic heterocycles. The van der Waals surface area contributed by atoms with Crippen molar-refractivity contribution >= 4 is 23.3 Å². The van der Waals surface area contributed by atoms with Gasteiger partial charge in [0.2, 0.25) is 0 Å². The van der Waals surface area contributed by atoms with Gasteiger partial charge in [-0.15, -0.1) is 12.4 Å².